The summed E-state index contributed by atoms with van der Waals surface area (Å²) in [4.78, 5) is 38.4. The van der Waals surface area contributed by atoms with Crippen LogP contribution in [0.4, 0.5) is 18.9 Å². The monoisotopic (exact) mass is 819 g/mol. The number of carboxylic acids is 1. The van der Waals surface area contributed by atoms with E-state index in [4.69, 9.17) is 52.1 Å². The van der Waals surface area contributed by atoms with Crippen molar-refractivity contribution in [2.24, 2.45) is 5.92 Å². The Labute approximate surface area is 330 Å². The van der Waals surface area contributed by atoms with Gasteiger partial charge in [-0.2, -0.15) is 17.9 Å². The second kappa shape index (κ2) is 18.6. The van der Waals surface area contributed by atoms with Gasteiger partial charge in [-0.3, -0.25) is 4.90 Å². The molecule has 3 aromatic carbocycles. The van der Waals surface area contributed by atoms with Crippen LogP contribution < -0.4 is 19.5 Å². The molecular formula is C39H38Cl2F3N3O9. The van der Waals surface area contributed by atoms with E-state index >= 15 is 0 Å². The molecule has 2 bridgehead atoms. The molecule has 17 heteroatoms. The van der Waals surface area contributed by atoms with E-state index in [2.05, 4.69) is 10.2 Å². The number of fused-ring (bicyclic) bond motifs is 3. The van der Waals surface area contributed by atoms with Crippen LogP contribution in [0.25, 0.3) is 0 Å². The Bertz CT molecular complexity index is 1970. The number of carbonyl (C=O) groups is 3. The number of aromatic nitrogens is 1. The number of hydrogen-bond donors (Lipinski definition) is 2. The van der Waals surface area contributed by atoms with Gasteiger partial charge < -0.3 is 34.6 Å². The predicted octanol–water partition coefficient (Wildman–Crippen LogP) is 7.21. The van der Waals surface area contributed by atoms with Gasteiger partial charge in [-0.15, -0.1) is 0 Å². The number of rotatable bonds is 12. The van der Waals surface area contributed by atoms with Gasteiger partial charge in [-0.05, 0) is 79.4 Å². The van der Waals surface area contributed by atoms with Crippen molar-refractivity contribution >= 4 is 46.8 Å². The van der Waals surface area contributed by atoms with Crippen LogP contribution >= 0.6 is 23.2 Å². The average molecular weight is 821 g/mol. The number of hydrogen-bond acceptors (Lipinski definition) is 10. The number of aliphatic carboxylic acids is 1. The maximum Gasteiger partial charge on any atom is 0.490 e. The molecule has 298 valence electrons. The van der Waals surface area contributed by atoms with E-state index < -0.39 is 30.3 Å². The minimum atomic E-state index is -5.08. The number of piperidine rings is 3. The summed E-state index contributed by atoms with van der Waals surface area (Å²) in [6, 6.07) is 20.6. The van der Waals surface area contributed by atoms with Crippen LogP contribution in [0.2, 0.25) is 10.0 Å². The third kappa shape index (κ3) is 10.7. The van der Waals surface area contributed by atoms with Gasteiger partial charge >= 0.3 is 24.1 Å². The number of carboxylic acid groups (broad SMARTS) is 1. The normalized spacial score (nSPS) is 18.4. The summed E-state index contributed by atoms with van der Waals surface area (Å²) in [5.41, 5.74) is 2.73. The third-order valence-corrected chi connectivity index (χ3v) is 10.0. The van der Waals surface area contributed by atoms with Crippen LogP contribution in [0.3, 0.4) is 0 Å². The summed E-state index contributed by atoms with van der Waals surface area (Å²) in [5.74, 6) is -2.37. The SMILES string of the molecule is COc1ccc(C(Cc2c(Cl)c[n+]([O-])cc2Cl)OC(=O)c2ccc(NC(C(=O)O[C@H]3CN4CCC3CC4)c3ccccc3)cc2)cc1OC.O=C(O)C(F)(F)F. The predicted molar refractivity (Wildman–Crippen MR) is 199 cm³/mol. The van der Waals surface area contributed by atoms with Crippen molar-refractivity contribution in [2.45, 2.75) is 43.7 Å². The van der Waals surface area contributed by atoms with E-state index in [0.29, 0.717) is 39.0 Å². The van der Waals surface area contributed by atoms with E-state index in [1.54, 1.807) is 42.5 Å². The summed E-state index contributed by atoms with van der Waals surface area (Å²) in [6.07, 6.45) is -1.52. The standard InChI is InChI=1S/C37H37Cl2N3O7.C2HF3O2/c1-46-31-13-10-26(18-33(31)47-2)32(19-28-29(38)20-42(45)21-30(28)39)48-36(43)25-8-11-27(12-9-25)40-35(24-6-4-3-5-7-24)37(44)49-34-22-41-16-14-23(34)15-17-41;3-2(4,5)1(6)7/h3-13,18,20-21,23,32,34-35,40H,14-17,19,22H2,1-2H3;(H,6,7)/t32?,34-,35?;/m0./s1. The molecular weight excluding hydrogens is 782 g/mol. The molecule has 12 nitrogen and oxygen atoms in total. The largest absolute Gasteiger partial charge is 0.619 e. The van der Waals surface area contributed by atoms with Gasteiger partial charge in [0.05, 0.1) is 19.8 Å². The lowest BCUT2D eigenvalue weighted by molar-refractivity contribution is -0.605. The molecule has 3 aliphatic rings. The molecule has 7 rings (SSSR count). The molecule has 4 aromatic rings. The number of pyridine rings is 1. The third-order valence-electron chi connectivity index (χ3n) is 9.38. The number of ether oxygens (including phenoxy) is 4. The summed E-state index contributed by atoms with van der Waals surface area (Å²) in [7, 11) is 3.04. The first kappa shape index (κ1) is 41.9. The van der Waals surface area contributed by atoms with Crippen molar-refractivity contribution in [3.63, 3.8) is 0 Å². The maximum absolute atomic E-state index is 13.6. The highest BCUT2D eigenvalue weighted by atomic mass is 35.5. The van der Waals surface area contributed by atoms with Crippen LogP contribution in [-0.4, -0.2) is 74.0 Å². The fourth-order valence-electron chi connectivity index (χ4n) is 6.44. The van der Waals surface area contributed by atoms with Crippen LogP contribution in [-0.2, 0) is 25.5 Å². The molecule has 3 aliphatic heterocycles. The summed E-state index contributed by atoms with van der Waals surface area (Å²) in [6.45, 7) is 2.87. The molecule has 1 aromatic heterocycles. The van der Waals surface area contributed by atoms with E-state index in [9.17, 15) is 28.0 Å². The molecule has 56 heavy (non-hydrogen) atoms. The van der Waals surface area contributed by atoms with Gasteiger partial charge in [0.25, 0.3) is 0 Å². The topological polar surface area (TPSA) is 151 Å². The van der Waals surface area contributed by atoms with Gasteiger partial charge in [-0.25, -0.2) is 14.4 Å². The Morgan fingerprint density at radius 2 is 1.54 bits per heavy atom. The van der Waals surface area contributed by atoms with Crippen LogP contribution in [0.15, 0.2) is 85.2 Å². The first-order valence-electron chi connectivity index (χ1n) is 17.3. The van der Waals surface area contributed by atoms with Gasteiger partial charge in [0.2, 0.25) is 0 Å². The lowest BCUT2D eigenvalue weighted by Crippen LogP contribution is -2.52. The fourth-order valence-corrected chi connectivity index (χ4v) is 7.04. The molecule has 2 N–H and O–H groups in total. The molecule has 3 saturated heterocycles. The van der Waals surface area contributed by atoms with E-state index in [1.165, 1.54) is 26.6 Å². The van der Waals surface area contributed by atoms with Crippen molar-refractivity contribution in [3.8, 4) is 11.5 Å². The second-order valence-corrected chi connectivity index (χ2v) is 13.8. The Hall–Kier alpha value is -5.25. The average Bonchev–Trinajstić information content (AvgIpc) is 3.18. The van der Waals surface area contributed by atoms with Crippen molar-refractivity contribution in [3.05, 3.63) is 123 Å². The molecule has 3 fully saturated rings. The smallest absolute Gasteiger partial charge is 0.490 e. The molecule has 0 saturated carbocycles. The zero-order chi connectivity index (χ0) is 40.6. The quantitative estimate of drug-likeness (QED) is 0.0848. The minimum Gasteiger partial charge on any atom is -0.619 e. The second-order valence-electron chi connectivity index (χ2n) is 13.0. The highest BCUT2D eigenvalue weighted by Crippen LogP contribution is 2.36. The number of alkyl halides is 3. The number of benzene rings is 3. The number of carbonyl (C=O) groups excluding carboxylic acids is 2. The van der Waals surface area contributed by atoms with Crippen LogP contribution in [0.5, 0.6) is 11.5 Å². The summed E-state index contributed by atoms with van der Waals surface area (Å²) >= 11 is 12.8. The number of nitrogens with zero attached hydrogens (tertiary/aromatic N) is 2. The highest BCUT2D eigenvalue weighted by molar-refractivity contribution is 6.35. The van der Waals surface area contributed by atoms with Crippen LogP contribution in [0, 0.1) is 11.1 Å². The van der Waals surface area contributed by atoms with Crippen LogP contribution in [0.1, 0.15) is 52.0 Å². The van der Waals surface area contributed by atoms with Crippen molar-refractivity contribution in [1.29, 1.82) is 0 Å². The van der Waals surface area contributed by atoms with E-state index in [1.807, 2.05) is 30.3 Å². The van der Waals surface area contributed by atoms with Crippen molar-refractivity contribution < 1.29 is 56.3 Å². The fraction of sp³-hybridized carbons (Fsp3) is 0.333. The Morgan fingerprint density at radius 3 is 2.07 bits per heavy atom. The number of nitrogens with one attached hydrogen (secondary N) is 1. The van der Waals surface area contributed by atoms with E-state index in [0.717, 1.165) is 38.0 Å². The first-order valence-corrected chi connectivity index (χ1v) is 18.1. The Kier molecular flexibility index (Phi) is 13.9. The van der Waals surface area contributed by atoms with Gasteiger partial charge in [0.1, 0.15) is 22.3 Å². The molecule has 0 spiro atoms. The Balaban J connectivity index is 0.000000784. The number of methoxy groups -OCH3 is 2. The first-order chi connectivity index (χ1) is 26.7. The van der Waals surface area contributed by atoms with Gasteiger partial charge in [0, 0.05) is 24.2 Å². The number of esters is 2. The lowest BCUT2D eigenvalue weighted by Gasteiger charge is -2.44. The molecule has 0 aliphatic carbocycles. The van der Waals surface area contributed by atoms with Crippen molar-refractivity contribution in [1.82, 2.24) is 4.90 Å². The molecule has 4 heterocycles. The summed E-state index contributed by atoms with van der Waals surface area (Å²) < 4.78 is 55.2. The zero-order valence-electron chi connectivity index (χ0n) is 30.1. The van der Waals surface area contributed by atoms with Crippen molar-refractivity contribution in [2.75, 3.05) is 39.2 Å². The van der Waals surface area contributed by atoms with Gasteiger partial charge in [0.15, 0.2) is 29.9 Å². The Morgan fingerprint density at radius 1 is 0.929 bits per heavy atom. The molecule has 3 atom stereocenters. The maximum atomic E-state index is 13.6. The summed E-state index contributed by atoms with van der Waals surface area (Å²) in [5, 5.41) is 22.6. The zero-order valence-corrected chi connectivity index (χ0v) is 31.6. The molecule has 0 radical (unpaired) electrons. The minimum absolute atomic E-state index is 0.0832. The molecule has 2 unspecified atom stereocenters. The lowest BCUT2D eigenvalue weighted by atomic mass is 9.86. The highest BCUT2D eigenvalue weighted by Gasteiger charge is 2.39. The molecule has 0 amide bonds. The van der Waals surface area contributed by atoms with Gasteiger partial charge in [-0.1, -0.05) is 59.6 Å². The van der Waals surface area contributed by atoms with E-state index in [-0.39, 0.29) is 34.1 Å². The number of halogens is 5. The number of anilines is 1.